The second-order valence-corrected chi connectivity index (χ2v) is 4.06. The van der Waals surface area contributed by atoms with Gasteiger partial charge in [-0.1, -0.05) is 30.3 Å². The molecule has 6 heteroatoms. The highest BCUT2D eigenvalue weighted by Crippen LogP contribution is 2.22. The van der Waals surface area contributed by atoms with E-state index in [1.54, 1.807) is 12.1 Å². The molecule has 1 aliphatic heterocycles. The van der Waals surface area contributed by atoms with Crippen molar-refractivity contribution in [1.82, 2.24) is 4.90 Å². The zero-order valence-electron chi connectivity index (χ0n) is 9.58. The molecule has 0 aliphatic carbocycles. The van der Waals surface area contributed by atoms with Crippen LogP contribution in [0.2, 0.25) is 0 Å². The first-order valence-corrected chi connectivity index (χ1v) is 5.50. The van der Waals surface area contributed by atoms with E-state index in [0.29, 0.717) is 0 Å². The van der Waals surface area contributed by atoms with E-state index in [2.05, 4.69) is 0 Å². The van der Waals surface area contributed by atoms with Crippen LogP contribution in [0.15, 0.2) is 30.3 Å². The SMILES string of the molecule is NC(=O)C1C(F)CN1C(=O)OCc1ccccc1. The van der Waals surface area contributed by atoms with Crippen molar-refractivity contribution < 1.29 is 18.7 Å². The fraction of sp³-hybridized carbons (Fsp3) is 0.333. The fourth-order valence-corrected chi connectivity index (χ4v) is 1.78. The lowest BCUT2D eigenvalue weighted by Gasteiger charge is -2.40. The third-order valence-electron chi connectivity index (χ3n) is 2.78. The van der Waals surface area contributed by atoms with Gasteiger partial charge in [0.25, 0.3) is 0 Å². The molecule has 96 valence electrons. The maximum atomic E-state index is 13.1. The summed E-state index contributed by atoms with van der Waals surface area (Å²) in [6.07, 6.45) is -2.12. The van der Waals surface area contributed by atoms with Gasteiger partial charge in [-0.25, -0.2) is 9.18 Å². The average molecular weight is 252 g/mol. The summed E-state index contributed by atoms with van der Waals surface area (Å²) in [7, 11) is 0. The van der Waals surface area contributed by atoms with Gasteiger partial charge in [-0.2, -0.15) is 0 Å². The molecule has 2 atom stereocenters. The predicted molar refractivity (Wildman–Crippen MR) is 61.2 cm³/mol. The van der Waals surface area contributed by atoms with Crippen LogP contribution >= 0.6 is 0 Å². The van der Waals surface area contributed by atoms with Crippen LogP contribution in [-0.4, -0.2) is 35.7 Å². The number of alkyl halides is 1. The molecule has 2 unspecified atom stereocenters. The van der Waals surface area contributed by atoms with Crippen molar-refractivity contribution in [2.45, 2.75) is 18.8 Å². The predicted octanol–water partition coefficient (Wildman–Crippen LogP) is 0.831. The number of carbonyl (C=O) groups is 2. The highest BCUT2D eigenvalue weighted by Gasteiger charge is 2.47. The molecule has 0 spiro atoms. The number of nitrogens with zero attached hydrogens (tertiary/aromatic N) is 1. The maximum absolute atomic E-state index is 13.1. The molecule has 1 saturated heterocycles. The van der Waals surface area contributed by atoms with Crippen molar-refractivity contribution in [1.29, 1.82) is 0 Å². The van der Waals surface area contributed by atoms with E-state index < -0.39 is 24.2 Å². The fourth-order valence-electron chi connectivity index (χ4n) is 1.78. The number of rotatable bonds is 3. The van der Waals surface area contributed by atoms with Crippen molar-refractivity contribution in [3.8, 4) is 0 Å². The van der Waals surface area contributed by atoms with E-state index in [1.165, 1.54) is 0 Å². The number of likely N-dealkylation sites (tertiary alicyclic amines) is 1. The van der Waals surface area contributed by atoms with Crippen molar-refractivity contribution in [2.75, 3.05) is 6.54 Å². The van der Waals surface area contributed by atoms with Gasteiger partial charge in [0.05, 0.1) is 6.54 Å². The summed E-state index contributed by atoms with van der Waals surface area (Å²) in [5.41, 5.74) is 5.81. The number of halogens is 1. The molecule has 0 aromatic heterocycles. The van der Waals surface area contributed by atoms with E-state index in [-0.39, 0.29) is 13.2 Å². The van der Waals surface area contributed by atoms with Gasteiger partial charge in [0.2, 0.25) is 5.91 Å². The minimum Gasteiger partial charge on any atom is -0.445 e. The zero-order valence-corrected chi connectivity index (χ0v) is 9.58. The topological polar surface area (TPSA) is 72.6 Å². The number of ether oxygens (including phenoxy) is 1. The minimum atomic E-state index is -1.40. The summed E-state index contributed by atoms with van der Waals surface area (Å²) in [4.78, 5) is 23.5. The molecule has 2 amide bonds. The van der Waals surface area contributed by atoms with Crippen molar-refractivity contribution in [3.05, 3.63) is 35.9 Å². The van der Waals surface area contributed by atoms with Gasteiger partial charge in [0.1, 0.15) is 18.8 Å². The second kappa shape index (κ2) is 5.03. The highest BCUT2D eigenvalue weighted by atomic mass is 19.1. The van der Waals surface area contributed by atoms with Crippen molar-refractivity contribution >= 4 is 12.0 Å². The Morgan fingerprint density at radius 2 is 2.06 bits per heavy atom. The molecule has 2 rings (SSSR count). The van der Waals surface area contributed by atoms with E-state index >= 15 is 0 Å². The Labute approximate surface area is 103 Å². The molecule has 1 aromatic carbocycles. The number of benzene rings is 1. The van der Waals surface area contributed by atoms with Crippen LogP contribution in [0.3, 0.4) is 0 Å². The Hall–Kier alpha value is -2.11. The summed E-state index contributed by atoms with van der Waals surface area (Å²) in [6, 6.07) is 7.87. The Morgan fingerprint density at radius 1 is 1.39 bits per heavy atom. The van der Waals surface area contributed by atoms with Crippen LogP contribution in [0.5, 0.6) is 0 Å². The average Bonchev–Trinajstić information content (AvgIpc) is 2.33. The van der Waals surface area contributed by atoms with Crippen LogP contribution in [0, 0.1) is 0 Å². The largest absolute Gasteiger partial charge is 0.445 e. The van der Waals surface area contributed by atoms with Gasteiger partial charge in [-0.05, 0) is 5.56 Å². The Bertz CT molecular complexity index is 452. The number of hydrogen-bond donors (Lipinski definition) is 1. The molecule has 5 nitrogen and oxygen atoms in total. The summed E-state index contributed by atoms with van der Waals surface area (Å²) in [6.45, 7) is -0.0696. The van der Waals surface area contributed by atoms with Gasteiger partial charge in [-0.3, -0.25) is 9.69 Å². The summed E-state index contributed by atoms with van der Waals surface area (Å²) in [5.74, 6) is -0.856. The maximum Gasteiger partial charge on any atom is 0.410 e. The van der Waals surface area contributed by atoms with E-state index in [1.807, 2.05) is 18.2 Å². The Kier molecular flexibility index (Phi) is 3.45. The Balaban J connectivity index is 1.88. The molecule has 0 radical (unpaired) electrons. The number of primary amides is 1. The number of amides is 2. The van der Waals surface area contributed by atoms with Crippen LogP contribution in [0.25, 0.3) is 0 Å². The molecule has 1 aliphatic rings. The number of hydrogen-bond acceptors (Lipinski definition) is 3. The monoisotopic (exact) mass is 252 g/mol. The minimum absolute atomic E-state index is 0.0820. The van der Waals surface area contributed by atoms with Crippen LogP contribution < -0.4 is 5.73 Å². The van der Waals surface area contributed by atoms with Crippen LogP contribution in [0.1, 0.15) is 5.56 Å². The molecule has 0 bridgehead atoms. The van der Waals surface area contributed by atoms with Gasteiger partial charge < -0.3 is 10.5 Å². The van der Waals surface area contributed by atoms with Crippen molar-refractivity contribution in [2.24, 2.45) is 5.73 Å². The summed E-state index contributed by atoms with van der Waals surface area (Å²) < 4.78 is 18.0. The molecule has 2 N–H and O–H groups in total. The standard InChI is InChI=1S/C12H13FN2O3/c13-9-6-15(10(9)11(14)16)12(17)18-7-8-4-2-1-3-5-8/h1-5,9-10H,6-7H2,(H2,14,16). The third-order valence-corrected chi connectivity index (χ3v) is 2.78. The second-order valence-electron chi connectivity index (χ2n) is 4.06. The summed E-state index contributed by atoms with van der Waals surface area (Å²) in [5, 5.41) is 0. The van der Waals surface area contributed by atoms with E-state index in [9.17, 15) is 14.0 Å². The molecule has 1 fully saturated rings. The zero-order chi connectivity index (χ0) is 13.1. The van der Waals surface area contributed by atoms with Gasteiger partial charge >= 0.3 is 6.09 Å². The Morgan fingerprint density at radius 3 is 2.61 bits per heavy atom. The number of nitrogens with two attached hydrogens (primary N) is 1. The lowest BCUT2D eigenvalue weighted by Crippen LogP contribution is -2.65. The molecule has 1 heterocycles. The first-order valence-electron chi connectivity index (χ1n) is 5.50. The first-order chi connectivity index (χ1) is 8.59. The smallest absolute Gasteiger partial charge is 0.410 e. The molecular formula is C12H13FN2O3. The summed E-state index contributed by atoms with van der Waals surface area (Å²) >= 11 is 0. The van der Waals surface area contributed by atoms with Crippen molar-refractivity contribution in [3.63, 3.8) is 0 Å². The lowest BCUT2D eigenvalue weighted by atomic mass is 10.0. The number of carbonyl (C=O) groups excluding carboxylic acids is 2. The van der Waals surface area contributed by atoms with Gasteiger partial charge in [0.15, 0.2) is 0 Å². The lowest BCUT2D eigenvalue weighted by molar-refractivity contribution is -0.131. The van der Waals surface area contributed by atoms with Gasteiger partial charge in [0, 0.05) is 0 Å². The first kappa shape index (κ1) is 12.3. The van der Waals surface area contributed by atoms with Gasteiger partial charge in [-0.15, -0.1) is 0 Å². The van der Waals surface area contributed by atoms with Crippen LogP contribution in [0.4, 0.5) is 9.18 Å². The molecule has 1 aromatic rings. The van der Waals surface area contributed by atoms with E-state index in [4.69, 9.17) is 10.5 Å². The molecule has 0 saturated carbocycles. The third kappa shape index (κ3) is 2.42. The normalized spacial score (nSPS) is 22.2. The molecule has 18 heavy (non-hydrogen) atoms. The quantitative estimate of drug-likeness (QED) is 0.866. The highest BCUT2D eigenvalue weighted by molar-refractivity contribution is 5.86. The molecular weight excluding hydrogens is 239 g/mol. The van der Waals surface area contributed by atoms with E-state index in [0.717, 1.165) is 10.5 Å². The van der Waals surface area contributed by atoms with Crippen LogP contribution in [-0.2, 0) is 16.1 Å².